The summed E-state index contributed by atoms with van der Waals surface area (Å²) < 4.78 is 15.6. The van der Waals surface area contributed by atoms with E-state index in [1.807, 2.05) is 0 Å². The highest BCUT2D eigenvalue weighted by Gasteiger charge is 2.35. The van der Waals surface area contributed by atoms with Gasteiger partial charge in [-0.05, 0) is 49.9 Å². The Hall–Kier alpha value is -2.97. The minimum absolute atomic E-state index is 0.0905. The van der Waals surface area contributed by atoms with Gasteiger partial charge in [-0.2, -0.15) is 0 Å². The number of rotatable bonds is 6. The summed E-state index contributed by atoms with van der Waals surface area (Å²) in [6.07, 6.45) is 10.9. The van der Waals surface area contributed by atoms with Crippen molar-refractivity contribution in [3.8, 4) is 0 Å². The molecule has 3 aromatic rings. The Bertz CT molecular complexity index is 1210. The third-order valence-electron chi connectivity index (χ3n) is 6.69. The summed E-state index contributed by atoms with van der Waals surface area (Å²) in [6, 6.07) is 5.66. The van der Waals surface area contributed by atoms with Crippen molar-refractivity contribution >= 4 is 41.0 Å². The maximum absolute atomic E-state index is 15.6. The summed E-state index contributed by atoms with van der Waals surface area (Å²) in [6.45, 7) is 3.73. The number of H-pyrrole nitrogens is 1. The Labute approximate surface area is 196 Å². The van der Waals surface area contributed by atoms with Gasteiger partial charge in [0.2, 0.25) is 0 Å². The second-order valence-corrected chi connectivity index (χ2v) is 9.05. The van der Waals surface area contributed by atoms with Gasteiger partial charge in [-0.15, -0.1) is 0 Å². The molecule has 170 valence electrons. The molecular weight excluding hydrogens is 441 g/mol. The quantitative estimate of drug-likeness (QED) is 0.397. The van der Waals surface area contributed by atoms with Crippen molar-refractivity contribution in [2.45, 2.75) is 38.1 Å². The lowest BCUT2D eigenvalue weighted by Gasteiger charge is -2.42. The number of aliphatic imine (C=N–C) groups is 2. The molecule has 3 saturated carbocycles. The van der Waals surface area contributed by atoms with E-state index in [1.54, 1.807) is 30.6 Å². The van der Waals surface area contributed by atoms with Crippen LogP contribution in [0.5, 0.6) is 0 Å². The third-order valence-corrected chi connectivity index (χ3v) is 6.87. The molecule has 0 spiro atoms. The van der Waals surface area contributed by atoms with E-state index < -0.39 is 0 Å². The Morgan fingerprint density at radius 3 is 2.79 bits per heavy atom. The first-order chi connectivity index (χ1) is 16.1. The third kappa shape index (κ3) is 4.58. The van der Waals surface area contributed by atoms with Crippen molar-refractivity contribution in [2.24, 2.45) is 21.8 Å². The van der Waals surface area contributed by atoms with Gasteiger partial charge in [-0.3, -0.25) is 4.98 Å². The summed E-state index contributed by atoms with van der Waals surface area (Å²) >= 11 is 6.03. The molecule has 9 heteroatoms. The predicted octanol–water partition coefficient (Wildman–Crippen LogP) is 4.96. The number of fused-ring (bicyclic) bond motifs is 4. The van der Waals surface area contributed by atoms with E-state index in [1.165, 1.54) is 31.9 Å². The van der Waals surface area contributed by atoms with Gasteiger partial charge in [-0.1, -0.05) is 30.5 Å². The molecule has 33 heavy (non-hydrogen) atoms. The van der Waals surface area contributed by atoms with Crippen molar-refractivity contribution < 1.29 is 4.39 Å². The highest BCUT2D eigenvalue weighted by atomic mass is 35.5. The molecule has 3 aliphatic carbocycles. The number of aromatic nitrogens is 4. The lowest BCUT2D eigenvalue weighted by molar-refractivity contribution is 0.125. The Balaban J connectivity index is 1.49. The van der Waals surface area contributed by atoms with E-state index in [2.05, 4.69) is 42.0 Å². The van der Waals surface area contributed by atoms with Crippen LogP contribution in [0.3, 0.4) is 0 Å². The highest BCUT2D eigenvalue weighted by Crippen LogP contribution is 2.41. The van der Waals surface area contributed by atoms with Crippen molar-refractivity contribution in [3.05, 3.63) is 59.0 Å². The molecule has 3 fully saturated rings. The largest absolute Gasteiger partial charge is 0.344 e. The standard InChI is InChI=1S/C24H25ClFN7/c1-27-23(16-11-30-24-21(16)32-20(25)13-31-24)33-22(18-4-2-3-9-28-18)17(26)12-29-19-10-14-5-7-15(19)8-6-14/h2-4,9,11,13-15,19,29H,1,5-8,10,12H2,(H,30,31)/b22-17+,33-23?. The molecule has 0 aromatic carbocycles. The minimum atomic E-state index is -0.389. The number of nitrogens with one attached hydrogen (secondary N) is 2. The normalized spacial score (nSPS) is 23.6. The van der Waals surface area contributed by atoms with Crippen LogP contribution in [0.4, 0.5) is 4.39 Å². The monoisotopic (exact) mass is 465 g/mol. The van der Waals surface area contributed by atoms with E-state index in [-0.39, 0.29) is 29.1 Å². The maximum Gasteiger partial charge on any atom is 0.163 e. The molecule has 3 aliphatic rings. The van der Waals surface area contributed by atoms with Crippen molar-refractivity contribution in [1.29, 1.82) is 0 Å². The lowest BCUT2D eigenvalue weighted by Crippen LogP contribution is -2.45. The molecule has 2 bridgehead atoms. The fourth-order valence-electron chi connectivity index (χ4n) is 5.02. The zero-order valence-electron chi connectivity index (χ0n) is 18.1. The second kappa shape index (κ2) is 9.49. The summed E-state index contributed by atoms with van der Waals surface area (Å²) in [7, 11) is 0. The number of hydrogen-bond donors (Lipinski definition) is 2. The molecular formula is C24H25ClFN7. The smallest absolute Gasteiger partial charge is 0.163 e. The van der Waals surface area contributed by atoms with Crippen LogP contribution in [-0.2, 0) is 0 Å². The van der Waals surface area contributed by atoms with E-state index in [4.69, 9.17) is 11.6 Å². The van der Waals surface area contributed by atoms with E-state index in [0.29, 0.717) is 34.4 Å². The molecule has 6 rings (SSSR count). The van der Waals surface area contributed by atoms with Gasteiger partial charge in [0, 0.05) is 18.4 Å². The molecule has 0 amide bonds. The summed E-state index contributed by atoms with van der Waals surface area (Å²) in [4.78, 5) is 24.5. The van der Waals surface area contributed by atoms with Gasteiger partial charge in [-0.25, -0.2) is 24.3 Å². The van der Waals surface area contributed by atoms with Crippen molar-refractivity contribution in [2.75, 3.05) is 6.54 Å². The molecule has 3 heterocycles. The molecule has 7 nitrogen and oxygen atoms in total. The fraction of sp³-hybridized carbons (Fsp3) is 0.375. The first kappa shape index (κ1) is 21.9. The van der Waals surface area contributed by atoms with Crippen LogP contribution in [-0.4, -0.2) is 45.1 Å². The van der Waals surface area contributed by atoms with Crippen LogP contribution in [0.2, 0.25) is 5.15 Å². The number of halogens is 2. The molecule has 1 unspecified atom stereocenters. The van der Waals surface area contributed by atoms with Crippen molar-refractivity contribution in [3.63, 3.8) is 0 Å². The predicted molar refractivity (Wildman–Crippen MR) is 129 cm³/mol. The summed E-state index contributed by atoms with van der Waals surface area (Å²) in [5, 5.41) is 3.68. The van der Waals surface area contributed by atoms with E-state index >= 15 is 4.39 Å². The van der Waals surface area contributed by atoms with Crippen LogP contribution in [0, 0.1) is 11.8 Å². The van der Waals surface area contributed by atoms with Crippen LogP contribution in [0.15, 0.2) is 52.6 Å². The van der Waals surface area contributed by atoms with Gasteiger partial charge in [0.05, 0.1) is 24.0 Å². The topological polar surface area (TPSA) is 91.2 Å². The molecule has 0 saturated heterocycles. The maximum atomic E-state index is 15.6. The van der Waals surface area contributed by atoms with Gasteiger partial charge < -0.3 is 10.3 Å². The zero-order chi connectivity index (χ0) is 22.8. The van der Waals surface area contributed by atoms with Gasteiger partial charge in [0.15, 0.2) is 11.5 Å². The number of amidine groups is 1. The lowest BCUT2D eigenvalue weighted by atomic mass is 9.68. The number of hydrogen-bond acceptors (Lipinski definition) is 5. The first-order valence-corrected chi connectivity index (χ1v) is 11.6. The van der Waals surface area contributed by atoms with Crippen LogP contribution in [0.25, 0.3) is 16.9 Å². The van der Waals surface area contributed by atoms with Gasteiger partial charge in [0.1, 0.15) is 22.2 Å². The fourth-order valence-corrected chi connectivity index (χ4v) is 5.15. The number of nitrogens with zero attached hydrogens (tertiary/aromatic N) is 5. The Morgan fingerprint density at radius 1 is 1.24 bits per heavy atom. The summed E-state index contributed by atoms with van der Waals surface area (Å²) in [5.74, 6) is 1.22. The van der Waals surface area contributed by atoms with Crippen LogP contribution in [0.1, 0.15) is 43.4 Å². The average molecular weight is 466 g/mol. The Morgan fingerprint density at radius 2 is 2.09 bits per heavy atom. The van der Waals surface area contributed by atoms with E-state index in [0.717, 1.165) is 12.3 Å². The number of aromatic amines is 1. The Kier molecular flexibility index (Phi) is 6.28. The van der Waals surface area contributed by atoms with E-state index in [9.17, 15) is 0 Å². The number of pyridine rings is 1. The van der Waals surface area contributed by atoms with Crippen LogP contribution < -0.4 is 5.32 Å². The minimum Gasteiger partial charge on any atom is -0.344 e. The first-order valence-electron chi connectivity index (χ1n) is 11.2. The van der Waals surface area contributed by atoms with Crippen molar-refractivity contribution in [1.82, 2.24) is 25.3 Å². The average Bonchev–Trinajstić information content (AvgIpc) is 3.27. The zero-order valence-corrected chi connectivity index (χ0v) is 18.9. The van der Waals surface area contributed by atoms with Gasteiger partial charge in [0.25, 0.3) is 0 Å². The molecule has 0 aliphatic heterocycles. The molecule has 0 radical (unpaired) electrons. The summed E-state index contributed by atoms with van der Waals surface area (Å²) in [5.41, 5.74) is 2.10. The molecule has 1 atom stereocenters. The molecule has 3 aromatic heterocycles. The highest BCUT2D eigenvalue weighted by molar-refractivity contribution is 6.29. The second-order valence-electron chi connectivity index (χ2n) is 8.66. The molecule has 2 N–H and O–H groups in total. The van der Waals surface area contributed by atoms with Gasteiger partial charge >= 0.3 is 0 Å². The van der Waals surface area contributed by atoms with Crippen LogP contribution >= 0.6 is 11.6 Å². The SMILES string of the molecule is C=NC(=N/C(=C(/F)CNC1CC2CCC1CC2)c1ccccn1)c1c[nH]c2ncc(Cl)nc12.